The maximum atomic E-state index is 10.8. The van der Waals surface area contributed by atoms with E-state index in [1.54, 1.807) is 0 Å². The molecule has 1 amide bonds. The van der Waals surface area contributed by atoms with Gasteiger partial charge >= 0.3 is 6.09 Å². The van der Waals surface area contributed by atoms with Crippen LogP contribution in [-0.2, 0) is 4.43 Å². The number of β-amino-alcohol motifs (C(OH)–C–C–N with tert-alkyl or cyclic N) is 1. The van der Waals surface area contributed by atoms with Crippen molar-refractivity contribution in [1.82, 2.24) is 4.90 Å². The fourth-order valence-corrected chi connectivity index (χ4v) is 2.93. The van der Waals surface area contributed by atoms with Gasteiger partial charge in [-0.3, -0.25) is 0 Å². The first kappa shape index (κ1) is 14.5. The van der Waals surface area contributed by atoms with E-state index in [4.69, 9.17) is 9.53 Å². The molecular weight excluding hydrogens is 238 g/mol. The molecule has 17 heavy (non-hydrogen) atoms. The second kappa shape index (κ2) is 4.59. The van der Waals surface area contributed by atoms with Crippen LogP contribution in [0, 0.1) is 0 Å². The molecular formula is C11H23NO4Si. The third-order valence-electron chi connectivity index (χ3n) is 3.76. The summed E-state index contributed by atoms with van der Waals surface area (Å²) >= 11 is 0. The van der Waals surface area contributed by atoms with Crippen LogP contribution in [0.1, 0.15) is 20.8 Å². The molecule has 0 aromatic heterocycles. The number of nitrogens with zero attached hydrogens (tertiary/aromatic N) is 1. The summed E-state index contributed by atoms with van der Waals surface area (Å²) in [6, 6.07) is 0. The molecule has 0 aromatic rings. The quantitative estimate of drug-likeness (QED) is 0.743. The number of aliphatic hydroxyl groups is 1. The summed E-state index contributed by atoms with van der Waals surface area (Å²) in [5.74, 6) is 0. The van der Waals surface area contributed by atoms with Gasteiger partial charge in [0.05, 0.1) is 25.3 Å². The van der Waals surface area contributed by atoms with E-state index in [0.717, 1.165) is 0 Å². The van der Waals surface area contributed by atoms with Crippen molar-refractivity contribution in [2.75, 3.05) is 13.1 Å². The third kappa shape index (κ3) is 3.20. The Morgan fingerprint density at radius 3 is 2.24 bits per heavy atom. The van der Waals surface area contributed by atoms with Crippen LogP contribution in [0.5, 0.6) is 0 Å². The lowest BCUT2D eigenvalue weighted by molar-refractivity contribution is 0.0643. The van der Waals surface area contributed by atoms with E-state index in [-0.39, 0.29) is 24.2 Å². The van der Waals surface area contributed by atoms with Gasteiger partial charge in [-0.05, 0) is 18.1 Å². The third-order valence-corrected chi connectivity index (χ3v) is 8.26. The highest BCUT2D eigenvalue weighted by Gasteiger charge is 2.43. The molecule has 0 spiro atoms. The SMILES string of the molecule is CC(C)(C)[Si](C)(C)O[C@H]1CN(C(=O)O)C[C@@H]1O. The van der Waals surface area contributed by atoms with Gasteiger partial charge in [0.25, 0.3) is 0 Å². The summed E-state index contributed by atoms with van der Waals surface area (Å²) in [6.07, 6.45) is -2.09. The largest absolute Gasteiger partial charge is 0.465 e. The Hall–Kier alpha value is -0.593. The molecule has 0 aromatic carbocycles. The maximum Gasteiger partial charge on any atom is 0.407 e. The number of amides is 1. The highest BCUT2D eigenvalue weighted by Crippen LogP contribution is 2.38. The summed E-state index contributed by atoms with van der Waals surface area (Å²) in [6.45, 7) is 11.0. The monoisotopic (exact) mass is 261 g/mol. The zero-order valence-corrected chi connectivity index (χ0v) is 12.2. The van der Waals surface area contributed by atoms with E-state index in [2.05, 4.69) is 33.9 Å². The lowest BCUT2D eigenvalue weighted by Gasteiger charge is -2.38. The van der Waals surface area contributed by atoms with Crippen LogP contribution < -0.4 is 0 Å². The van der Waals surface area contributed by atoms with Crippen LogP contribution in [0.4, 0.5) is 4.79 Å². The number of hydrogen-bond donors (Lipinski definition) is 2. The molecule has 2 atom stereocenters. The average Bonchev–Trinajstić information content (AvgIpc) is 2.45. The van der Waals surface area contributed by atoms with Crippen molar-refractivity contribution in [3.8, 4) is 0 Å². The predicted octanol–water partition coefficient (Wildman–Crippen LogP) is 1.73. The second-order valence-corrected chi connectivity index (χ2v) is 10.9. The van der Waals surface area contributed by atoms with Crippen molar-refractivity contribution in [2.24, 2.45) is 0 Å². The molecule has 1 aliphatic heterocycles. The number of aliphatic hydroxyl groups excluding tert-OH is 1. The smallest absolute Gasteiger partial charge is 0.407 e. The Morgan fingerprint density at radius 1 is 1.35 bits per heavy atom. The van der Waals surface area contributed by atoms with Crippen molar-refractivity contribution < 1.29 is 19.4 Å². The summed E-state index contributed by atoms with van der Waals surface area (Å²) in [7, 11) is -1.96. The second-order valence-electron chi connectivity index (χ2n) is 6.17. The van der Waals surface area contributed by atoms with Crippen LogP contribution in [-0.4, -0.2) is 54.8 Å². The molecule has 0 saturated carbocycles. The number of carbonyl (C=O) groups is 1. The normalized spacial score (nSPS) is 26.4. The molecule has 5 nitrogen and oxygen atoms in total. The molecule has 0 radical (unpaired) electrons. The van der Waals surface area contributed by atoms with Crippen molar-refractivity contribution in [3.63, 3.8) is 0 Å². The fourth-order valence-electron chi connectivity index (χ4n) is 1.58. The van der Waals surface area contributed by atoms with E-state index in [0.29, 0.717) is 0 Å². The number of rotatable bonds is 2. The van der Waals surface area contributed by atoms with Gasteiger partial charge in [-0.25, -0.2) is 4.79 Å². The van der Waals surface area contributed by atoms with E-state index >= 15 is 0 Å². The highest BCUT2D eigenvalue weighted by atomic mass is 28.4. The molecule has 6 heteroatoms. The minimum atomic E-state index is -1.96. The Morgan fingerprint density at radius 2 is 1.88 bits per heavy atom. The molecule has 1 rings (SSSR count). The first-order valence-electron chi connectivity index (χ1n) is 5.88. The number of likely N-dealkylation sites (tertiary alicyclic amines) is 1. The Kier molecular flexibility index (Phi) is 3.90. The molecule has 0 unspecified atom stereocenters. The van der Waals surface area contributed by atoms with E-state index in [9.17, 15) is 9.90 Å². The van der Waals surface area contributed by atoms with Gasteiger partial charge in [0.1, 0.15) is 0 Å². The van der Waals surface area contributed by atoms with Crippen LogP contribution in [0.3, 0.4) is 0 Å². The lowest BCUT2D eigenvalue weighted by atomic mass is 10.2. The van der Waals surface area contributed by atoms with Gasteiger partial charge in [-0.15, -0.1) is 0 Å². The van der Waals surface area contributed by atoms with Crippen molar-refractivity contribution in [3.05, 3.63) is 0 Å². The minimum absolute atomic E-state index is 0.0589. The lowest BCUT2D eigenvalue weighted by Crippen LogP contribution is -2.47. The number of hydrogen-bond acceptors (Lipinski definition) is 3. The standard InChI is InChI=1S/C11H23NO4Si/c1-11(2,3)17(4,5)16-9-7-12(10(14)15)6-8(9)13/h8-9,13H,6-7H2,1-5H3,(H,14,15)/t8-,9-/m0/s1. The minimum Gasteiger partial charge on any atom is -0.465 e. The summed E-state index contributed by atoms with van der Waals surface area (Å²) in [5, 5.41) is 18.8. The topological polar surface area (TPSA) is 70.0 Å². The fraction of sp³-hybridized carbons (Fsp3) is 0.909. The Balaban J connectivity index is 2.68. The van der Waals surface area contributed by atoms with Gasteiger partial charge in [-0.2, -0.15) is 0 Å². The Bertz CT molecular complexity index is 300. The maximum absolute atomic E-state index is 10.8. The van der Waals surface area contributed by atoms with Crippen molar-refractivity contribution in [2.45, 2.75) is 51.1 Å². The number of carboxylic acid groups (broad SMARTS) is 1. The summed E-state index contributed by atoms with van der Waals surface area (Å²) < 4.78 is 6.04. The van der Waals surface area contributed by atoms with Gasteiger partial charge in [0, 0.05) is 0 Å². The Labute approximate surface area is 104 Å². The van der Waals surface area contributed by atoms with Crippen LogP contribution >= 0.6 is 0 Å². The molecule has 1 heterocycles. The van der Waals surface area contributed by atoms with E-state index < -0.39 is 20.5 Å². The van der Waals surface area contributed by atoms with Gasteiger partial charge in [0.2, 0.25) is 0 Å². The summed E-state index contributed by atoms with van der Waals surface area (Å²) in [4.78, 5) is 12.0. The van der Waals surface area contributed by atoms with E-state index in [1.807, 2.05) is 0 Å². The van der Waals surface area contributed by atoms with Gasteiger partial charge in [0.15, 0.2) is 8.32 Å². The van der Waals surface area contributed by atoms with Crippen LogP contribution in [0.25, 0.3) is 0 Å². The first-order valence-corrected chi connectivity index (χ1v) is 8.79. The molecule has 1 aliphatic rings. The molecule has 2 N–H and O–H groups in total. The van der Waals surface area contributed by atoms with Gasteiger partial charge < -0.3 is 19.5 Å². The molecule has 0 bridgehead atoms. The van der Waals surface area contributed by atoms with Gasteiger partial charge in [-0.1, -0.05) is 20.8 Å². The molecule has 1 fully saturated rings. The predicted molar refractivity (Wildman–Crippen MR) is 67.7 cm³/mol. The molecule has 1 saturated heterocycles. The van der Waals surface area contributed by atoms with E-state index in [1.165, 1.54) is 4.90 Å². The molecule has 100 valence electrons. The average molecular weight is 261 g/mol. The first-order chi connectivity index (χ1) is 7.54. The van der Waals surface area contributed by atoms with Crippen molar-refractivity contribution in [1.29, 1.82) is 0 Å². The highest BCUT2D eigenvalue weighted by molar-refractivity contribution is 6.74. The van der Waals surface area contributed by atoms with Crippen molar-refractivity contribution >= 4 is 14.4 Å². The zero-order valence-electron chi connectivity index (χ0n) is 11.2. The molecule has 0 aliphatic carbocycles. The van der Waals surface area contributed by atoms with Crippen LogP contribution in [0.15, 0.2) is 0 Å². The van der Waals surface area contributed by atoms with Crippen LogP contribution in [0.2, 0.25) is 18.1 Å². The summed E-state index contributed by atoms with van der Waals surface area (Å²) in [5.41, 5.74) is 0. The zero-order chi connectivity index (χ0) is 13.4.